The minimum absolute atomic E-state index is 0.0919. The molecule has 2 rings (SSSR count). The summed E-state index contributed by atoms with van der Waals surface area (Å²) in [5.41, 5.74) is 0.516. The normalized spacial score (nSPS) is 18.3. The molecule has 1 amide bonds. The van der Waals surface area contributed by atoms with Crippen molar-refractivity contribution in [2.45, 2.75) is 18.1 Å². The molecule has 0 aliphatic carbocycles. The van der Waals surface area contributed by atoms with Gasteiger partial charge in [-0.1, -0.05) is 0 Å². The fourth-order valence-corrected chi connectivity index (χ4v) is 3.12. The van der Waals surface area contributed by atoms with E-state index in [1.165, 1.54) is 18.8 Å². The number of piperidine rings is 1. The summed E-state index contributed by atoms with van der Waals surface area (Å²) < 4.78 is 27.6. The molecule has 1 aliphatic heterocycles. The summed E-state index contributed by atoms with van der Waals surface area (Å²) in [6, 6.07) is 1.62. The summed E-state index contributed by atoms with van der Waals surface area (Å²) in [4.78, 5) is 13.6. The van der Waals surface area contributed by atoms with Crippen LogP contribution in [0.2, 0.25) is 0 Å². The molecule has 0 spiro atoms. The van der Waals surface area contributed by atoms with Crippen LogP contribution in [-0.2, 0) is 9.84 Å². The average Bonchev–Trinajstić information content (AvgIpc) is 2.80. The molecule has 1 aromatic rings. The van der Waals surface area contributed by atoms with E-state index >= 15 is 0 Å². The molecule has 1 aromatic heterocycles. The summed E-state index contributed by atoms with van der Waals surface area (Å²) >= 11 is 0. The Balaban J connectivity index is 1.98. The summed E-state index contributed by atoms with van der Waals surface area (Å²) in [5, 5.41) is -0.309. The third-order valence-corrected chi connectivity index (χ3v) is 4.79. The molecule has 2 heterocycles. The molecule has 17 heavy (non-hydrogen) atoms. The zero-order chi connectivity index (χ0) is 12.5. The fourth-order valence-electron chi connectivity index (χ4n) is 2.06. The number of sulfone groups is 1. The largest absolute Gasteiger partial charge is 0.472 e. The fraction of sp³-hybridized carbons (Fsp3) is 0.545. The molecule has 0 radical (unpaired) electrons. The highest BCUT2D eigenvalue weighted by atomic mass is 32.2. The second-order valence-corrected chi connectivity index (χ2v) is 6.66. The first kappa shape index (κ1) is 12.2. The maximum Gasteiger partial charge on any atom is 0.257 e. The lowest BCUT2D eigenvalue weighted by Crippen LogP contribution is -2.42. The summed E-state index contributed by atoms with van der Waals surface area (Å²) in [5.74, 6) is -0.0919. The Bertz CT molecular complexity index is 484. The standard InChI is InChI=1S/C11H15NO4S/c1-17(14,15)10-2-5-12(6-3-10)11(13)9-4-7-16-8-9/h4,7-8,10H,2-3,5-6H2,1H3. The van der Waals surface area contributed by atoms with Crippen molar-refractivity contribution in [1.82, 2.24) is 4.90 Å². The lowest BCUT2D eigenvalue weighted by Gasteiger charge is -2.30. The van der Waals surface area contributed by atoms with Crippen molar-refractivity contribution in [3.63, 3.8) is 0 Å². The Morgan fingerprint density at radius 3 is 2.53 bits per heavy atom. The molecule has 6 heteroatoms. The van der Waals surface area contributed by atoms with Crippen LogP contribution < -0.4 is 0 Å². The lowest BCUT2D eigenvalue weighted by atomic mass is 10.1. The van der Waals surface area contributed by atoms with Crippen LogP contribution in [0.15, 0.2) is 23.0 Å². The van der Waals surface area contributed by atoms with Crippen molar-refractivity contribution in [2.75, 3.05) is 19.3 Å². The molecule has 0 aromatic carbocycles. The molecule has 0 unspecified atom stereocenters. The maximum absolute atomic E-state index is 11.9. The van der Waals surface area contributed by atoms with Crippen molar-refractivity contribution >= 4 is 15.7 Å². The molecule has 1 saturated heterocycles. The lowest BCUT2D eigenvalue weighted by molar-refractivity contribution is 0.0725. The number of nitrogens with zero attached hydrogens (tertiary/aromatic N) is 1. The highest BCUT2D eigenvalue weighted by Crippen LogP contribution is 2.18. The number of furan rings is 1. The van der Waals surface area contributed by atoms with Gasteiger partial charge in [-0.05, 0) is 18.9 Å². The number of rotatable bonds is 2. The third-order valence-electron chi connectivity index (χ3n) is 3.10. The van der Waals surface area contributed by atoms with E-state index < -0.39 is 9.84 Å². The molecule has 1 aliphatic rings. The molecule has 94 valence electrons. The van der Waals surface area contributed by atoms with Gasteiger partial charge in [0.15, 0.2) is 0 Å². The Kier molecular flexibility index (Phi) is 3.24. The van der Waals surface area contributed by atoms with Crippen LogP contribution in [0.4, 0.5) is 0 Å². The summed E-state index contributed by atoms with van der Waals surface area (Å²) in [6.45, 7) is 0.976. The van der Waals surface area contributed by atoms with Gasteiger partial charge < -0.3 is 9.32 Å². The number of hydrogen-bond acceptors (Lipinski definition) is 4. The first-order chi connectivity index (χ1) is 7.98. The Hall–Kier alpha value is -1.30. The number of carbonyl (C=O) groups excluding carboxylic acids is 1. The van der Waals surface area contributed by atoms with E-state index in [2.05, 4.69) is 0 Å². The van der Waals surface area contributed by atoms with Gasteiger partial charge >= 0.3 is 0 Å². The van der Waals surface area contributed by atoms with Crippen LogP contribution in [0.25, 0.3) is 0 Å². The predicted octanol–water partition coefficient (Wildman–Crippen LogP) is 0.929. The smallest absolute Gasteiger partial charge is 0.257 e. The van der Waals surface area contributed by atoms with Gasteiger partial charge in [0.25, 0.3) is 5.91 Å². The van der Waals surface area contributed by atoms with Crippen LogP contribution in [0, 0.1) is 0 Å². The van der Waals surface area contributed by atoms with Crippen molar-refractivity contribution in [1.29, 1.82) is 0 Å². The van der Waals surface area contributed by atoms with E-state index in [-0.39, 0.29) is 11.2 Å². The van der Waals surface area contributed by atoms with Crippen LogP contribution in [-0.4, -0.2) is 43.8 Å². The molecule has 0 atom stereocenters. The van der Waals surface area contributed by atoms with Gasteiger partial charge in [0.2, 0.25) is 0 Å². The van der Waals surface area contributed by atoms with Crippen molar-refractivity contribution < 1.29 is 17.6 Å². The van der Waals surface area contributed by atoms with E-state index in [0.717, 1.165) is 0 Å². The monoisotopic (exact) mass is 257 g/mol. The predicted molar refractivity (Wildman–Crippen MR) is 62.5 cm³/mol. The van der Waals surface area contributed by atoms with Gasteiger partial charge in [-0.3, -0.25) is 4.79 Å². The zero-order valence-corrected chi connectivity index (χ0v) is 10.4. The zero-order valence-electron chi connectivity index (χ0n) is 9.63. The van der Waals surface area contributed by atoms with Gasteiger partial charge in [0.1, 0.15) is 16.1 Å². The quantitative estimate of drug-likeness (QED) is 0.790. The van der Waals surface area contributed by atoms with Gasteiger partial charge in [0.05, 0.1) is 17.1 Å². The third kappa shape index (κ3) is 2.69. The molecular weight excluding hydrogens is 242 g/mol. The van der Waals surface area contributed by atoms with Gasteiger partial charge in [-0.25, -0.2) is 8.42 Å². The van der Waals surface area contributed by atoms with E-state index in [1.54, 1.807) is 11.0 Å². The van der Waals surface area contributed by atoms with Crippen molar-refractivity contribution in [3.05, 3.63) is 24.2 Å². The van der Waals surface area contributed by atoms with E-state index in [0.29, 0.717) is 31.5 Å². The van der Waals surface area contributed by atoms with Gasteiger partial charge in [-0.2, -0.15) is 0 Å². The minimum atomic E-state index is -2.99. The molecule has 0 saturated carbocycles. The highest BCUT2D eigenvalue weighted by Gasteiger charge is 2.29. The second-order valence-electron chi connectivity index (χ2n) is 4.33. The Labute approximate surface area is 100 Å². The topological polar surface area (TPSA) is 67.6 Å². The number of likely N-dealkylation sites (tertiary alicyclic amines) is 1. The van der Waals surface area contributed by atoms with Gasteiger partial charge in [-0.15, -0.1) is 0 Å². The average molecular weight is 257 g/mol. The SMILES string of the molecule is CS(=O)(=O)C1CCN(C(=O)c2ccoc2)CC1. The van der Waals surface area contributed by atoms with E-state index in [9.17, 15) is 13.2 Å². The number of carbonyl (C=O) groups is 1. The van der Waals surface area contributed by atoms with Crippen LogP contribution in [0.1, 0.15) is 23.2 Å². The Morgan fingerprint density at radius 1 is 1.41 bits per heavy atom. The first-order valence-electron chi connectivity index (χ1n) is 5.49. The maximum atomic E-state index is 11.9. The summed E-state index contributed by atoms with van der Waals surface area (Å²) in [7, 11) is -2.99. The van der Waals surface area contributed by atoms with Crippen molar-refractivity contribution in [3.8, 4) is 0 Å². The summed E-state index contributed by atoms with van der Waals surface area (Å²) in [6.07, 6.45) is 5.15. The van der Waals surface area contributed by atoms with Crippen LogP contribution in [0.5, 0.6) is 0 Å². The number of amides is 1. The first-order valence-corrected chi connectivity index (χ1v) is 7.44. The molecule has 0 N–H and O–H groups in total. The molecular formula is C11H15NO4S. The van der Waals surface area contributed by atoms with E-state index in [1.807, 2.05) is 0 Å². The highest BCUT2D eigenvalue weighted by molar-refractivity contribution is 7.91. The van der Waals surface area contributed by atoms with E-state index in [4.69, 9.17) is 4.42 Å². The Morgan fingerprint density at radius 2 is 2.06 bits per heavy atom. The minimum Gasteiger partial charge on any atom is -0.472 e. The van der Waals surface area contributed by atoms with Crippen molar-refractivity contribution in [2.24, 2.45) is 0 Å². The van der Waals surface area contributed by atoms with Gasteiger partial charge in [0, 0.05) is 19.3 Å². The van der Waals surface area contributed by atoms with Crippen LogP contribution in [0.3, 0.4) is 0 Å². The number of hydrogen-bond donors (Lipinski definition) is 0. The molecule has 5 nitrogen and oxygen atoms in total. The molecule has 1 fully saturated rings. The molecule has 0 bridgehead atoms. The van der Waals surface area contributed by atoms with Crippen LogP contribution >= 0.6 is 0 Å². The second kappa shape index (κ2) is 4.52.